The molecule has 172 valence electrons. The van der Waals surface area contributed by atoms with Gasteiger partial charge in [0.15, 0.2) is 11.5 Å². The zero-order valence-corrected chi connectivity index (χ0v) is 18.8. The average Bonchev–Trinajstić information content (AvgIpc) is 3.37. The Morgan fingerprint density at radius 2 is 1.67 bits per heavy atom. The Morgan fingerprint density at radius 1 is 0.889 bits per heavy atom. The van der Waals surface area contributed by atoms with Crippen molar-refractivity contribution in [2.75, 3.05) is 0 Å². The number of rotatable bonds is 3. The van der Waals surface area contributed by atoms with E-state index in [9.17, 15) is 10.1 Å². The van der Waals surface area contributed by atoms with Crippen LogP contribution in [-0.2, 0) is 0 Å². The van der Waals surface area contributed by atoms with Crippen molar-refractivity contribution in [3.05, 3.63) is 124 Å². The van der Waals surface area contributed by atoms with Crippen LogP contribution in [0.15, 0.2) is 97.3 Å². The number of aromatic nitrogens is 4. The zero-order valence-electron chi connectivity index (χ0n) is 18.8. The summed E-state index contributed by atoms with van der Waals surface area (Å²) in [6, 6.07) is 28.8. The lowest BCUT2D eigenvalue weighted by Gasteiger charge is -2.28. The van der Waals surface area contributed by atoms with Crippen molar-refractivity contribution in [1.29, 1.82) is 0 Å². The molecule has 8 heteroatoms. The summed E-state index contributed by atoms with van der Waals surface area (Å²) >= 11 is 0. The van der Waals surface area contributed by atoms with E-state index in [1.165, 1.54) is 12.1 Å². The fraction of sp³-hybridized carbons (Fsp3) is 0.0357. The molecule has 1 aliphatic rings. The van der Waals surface area contributed by atoms with Gasteiger partial charge in [0.25, 0.3) is 5.69 Å². The van der Waals surface area contributed by atoms with Crippen molar-refractivity contribution in [3.63, 3.8) is 0 Å². The topological polar surface area (TPSA) is 95.5 Å². The average molecular weight is 471 g/mol. The summed E-state index contributed by atoms with van der Waals surface area (Å²) in [6.45, 7) is 0. The fourth-order valence-corrected chi connectivity index (χ4v) is 4.89. The Balaban J connectivity index is 1.46. The van der Waals surface area contributed by atoms with E-state index in [0.717, 1.165) is 33.2 Å². The molecule has 7 rings (SSSR count). The highest BCUT2D eigenvalue weighted by Gasteiger charge is 2.34. The number of ether oxygens (including phenoxy) is 1. The lowest BCUT2D eigenvalue weighted by Crippen LogP contribution is -2.15. The molecule has 0 saturated carbocycles. The number of non-ortho nitro benzene ring substituents is 1. The highest BCUT2D eigenvalue weighted by molar-refractivity contribution is 5.91. The lowest BCUT2D eigenvalue weighted by molar-refractivity contribution is -0.384. The molecule has 0 N–H and O–H groups in total. The van der Waals surface area contributed by atoms with Gasteiger partial charge in [-0.05, 0) is 23.1 Å². The smallest absolute Gasteiger partial charge is 0.269 e. The molecule has 1 atom stereocenters. The summed E-state index contributed by atoms with van der Waals surface area (Å²) in [6.07, 6.45) is 1.59. The van der Waals surface area contributed by atoms with Crippen molar-refractivity contribution in [1.82, 2.24) is 19.6 Å². The number of fused-ring (bicyclic) bond motifs is 6. The largest absolute Gasteiger partial charge is 0.438 e. The maximum absolute atomic E-state index is 11.1. The minimum absolute atomic E-state index is 0.0166. The van der Waals surface area contributed by atoms with Crippen LogP contribution in [0.1, 0.15) is 22.6 Å². The van der Waals surface area contributed by atoms with Crippen LogP contribution in [0.25, 0.3) is 27.8 Å². The molecule has 0 bridgehead atoms. The van der Waals surface area contributed by atoms with Gasteiger partial charge in [0.05, 0.1) is 10.5 Å². The van der Waals surface area contributed by atoms with Gasteiger partial charge in [0.2, 0.25) is 5.88 Å². The molecule has 0 aliphatic carbocycles. The molecule has 1 aliphatic heterocycles. The molecule has 0 fully saturated rings. The van der Waals surface area contributed by atoms with Crippen molar-refractivity contribution in [2.45, 2.75) is 5.92 Å². The van der Waals surface area contributed by atoms with E-state index in [1.54, 1.807) is 23.0 Å². The number of benzene rings is 4. The Kier molecular flexibility index (Phi) is 4.34. The molecule has 2 aromatic heterocycles. The van der Waals surface area contributed by atoms with Gasteiger partial charge in [-0.15, -0.1) is 5.10 Å². The van der Waals surface area contributed by atoms with Crippen LogP contribution in [0.4, 0.5) is 5.69 Å². The van der Waals surface area contributed by atoms with Crippen LogP contribution < -0.4 is 4.74 Å². The Labute approximate surface area is 204 Å². The van der Waals surface area contributed by atoms with Gasteiger partial charge in [-0.25, -0.2) is 14.5 Å². The normalized spacial score (nSPS) is 14.3. The van der Waals surface area contributed by atoms with Crippen LogP contribution in [0, 0.1) is 10.1 Å². The van der Waals surface area contributed by atoms with Gasteiger partial charge in [-0.1, -0.05) is 66.7 Å². The van der Waals surface area contributed by atoms with Crippen LogP contribution in [0.2, 0.25) is 0 Å². The molecule has 8 nitrogen and oxygen atoms in total. The van der Waals surface area contributed by atoms with Crippen LogP contribution in [0.5, 0.6) is 11.6 Å². The first-order chi connectivity index (χ1) is 17.7. The van der Waals surface area contributed by atoms with Gasteiger partial charge in [-0.3, -0.25) is 10.1 Å². The third-order valence-electron chi connectivity index (χ3n) is 6.56. The van der Waals surface area contributed by atoms with E-state index in [-0.39, 0.29) is 11.6 Å². The molecule has 4 aromatic carbocycles. The van der Waals surface area contributed by atoms with Crippen molar-refractivity contribution in [3.8, 4) is 23.0 Å². The summed E-state index contributed by atoms with van der Waals surface area (Å²) in [5.41, 5.74) is 4.27. The maximum atomic E-state index is 11.1. The predicted molar refractivity (Wildman–Crippen MR) is 134 cm³/mol. The number of hydrogen-bond acceptors (Lipinski definition) is 6. The first-order valence-electron chi connectivity index (χ1n) is 11.4. The molecule has 0 unspecified atom stereocenters. The number of nitro benzene ring substituents is 1. The molecule has 0 amide bonds. The minimum Gasteiger partial charge on any atom is -0.438 e. The van der Waals surface area contributed by atoms with E-state index < -0.39 is 4.92 Å². The van der Waals surface area contributed by atoms with Gasteiger partial charge < -0.3 is 4.74 Å². The summed E-state index contributed by atoms with van der Waals surface area (Å²) in [7, 11) is 0. The molecule has 0 spiro atoms. The third-order valence-corrected chi connectivity index (χ3v) is 6.56. The highest BCUT2D eigenvalue weighted by Crippen LogP contribution is 2.50. The lowest BCUT2D eigenvalue weighted by atomic mass is 9.83. The van der Waals surface area contributed by atoms with Crippen LogP contribution >= 0.6 is 0 Å². The zero-order chi connectivity index (χ0) is 24.2. The fourth-order valence-electron chi connectivity index (χ4n) is 4.89. The summed E-state index contributed by atoms with van der Waals surface area (Å²) < 4.78 is 8.08. The van der Waals surface area contributed by atoms with Crippen LogP contribution in [0.3, 0.4) is 0 Å². The van der Waals surface area contributed by atoms with E-state index in [1.807, 2.05) is 30.3 Å². The highest BCUT2D eigenvalue weighted by atomic mass is 16.6. The van der Waals surface area contributed by atoms with E-state index >= 15 is 0 Å². The van der Waals surface area contributed by atoms with Gasteiger partial charge in [0, 0.05) is 34.6 Å². The van der Waals surface area contributed by atoms with E-state index in [4.69, 9.17) is 9.72 Å². The summed E-state index contributed by atoms with van der Waals surface area (Å²) in [5, 5.41) is 17.8. The monoisotopic (exact) mass is 471 g/mol. The Morgan fingerprint density at radius 3 is 2.47 bits per heavy atom. The van der Waals surface area contributed by atoms with Gasteiger partial charge in [0.1, 0.15) is 12.1 Å². The first kappa shape index (κ1) is 20.3. The molecule has 6 aromatic rings. The number of nitro groups is 1. The van der Waals surface area contributed by atoms with Crippen molar-refractivity contribution in [2.24, 2.45) is 0 Å². The first-order valence-corrected chi connectivity index (χ1v) is 11.4. The second kappa shape index (κ2) is 7.71. The molecule has 0 radical (unpaired) electrons. The molecule has 0 saturated heterocycles. The summed E-state index contributed by atoms with van der Waals surface area (Å²) in [5.74, 6) is 1.57. The number of hydrogen-bond donors (Lipinski definition) is 0. The molecule has 3 heterocycles. The molecular weight excluding hydrogens is 454 g/mol. The number of nitrogens with zero attached hydrogens (tertiary/aromatic N) is 5. The Hall–Kier alpha value is -5.11. The summed E-state index contributed by atoms with van der Waals surface area (Å²) in [4.78, 5) is 20.1. The second-order valence-corrected chi connectivity index (χ2v) is 8.62. The predicted octanol–water partition coefficient (Wildman–Crippen LogP) is 6.14. The van der Waals surface area contributed by atoms with Gasteiger partial charge in [-0.2, -0.15) is 0 Å². The van der Waals surface area contributed by atoms with Gasteiger partial charge >= 0.3 is 0 Å². The standard InChI is InChI=1S/C28H17N5O3/c34-33(35)20-13-10-19(11-14-20)26-30-27-24-23(18-7-2-1-3-8-18)22-15-12-17-6-4-5-9-21(17)25(22)36-28(24)29-16-32(27)31-26/h1-16,23H/t23-/m0/s1. The van der Waals surface area contributed by atoms with E-state index in [2.05, 4.69) is 46.5 Å². The SMILES string of the molecule is O=[N+]([O-])c1ccc(-c2nc3c4c(ncn3n2)Oc2c(ccc3ccccc23)[C@@H]4c2ccccc2)cc1. The van der Waals surface area contributed by atoms with E-state index in [0.29, 0.717) is 22.9 Å². The maximum Gasteiger partial charge on any atom is 0.269 e. The molecule has 36 heavy (non-hydrogen) atoms. The minimum atomic E-state index is -0.426. The second-order valence-electron chi connectivity index (χ2n) is 8.62. The Bertz CT molecular complexity index is 1800. The van der Waals surface area contributed by atoms with Crippen LogP contribution in [-0.4, -0.2) is 24.5 Å². The third kappa shape index (κ3) is 3.05. The van der Waals surface area contributed by atoms with Crippen molar-refractivity contribution < 1.29 is 9.66 Å². The molecular formula is C28H17N5O3. The van der Waals surface area contributed by atoms with Crippen molar-refractivity contribution >= 4 is 22.1 Å². The quantitative estimate of drug-likeness (QED) is 0.227.